The maximum absolute atomic E-state index is 12.5. The summed E-state index contributed by atoms with van der Waals surface area (Å²) in [4.78, 5) is 37.2. The number of nitrogens with two attached hydrogens (primary N) is 2. The maximum atomic E-state index is 12.5. The van der Waals surface area contributed by atoms with E-state index in [0.29, 0.717) is 55.5 Å². The molecule has 2 aromatic carbocycles. The molecule has 2 heterocycles. The smallest absolute Gasteiger partial charge is 0.242 e. The number of carbonyl (C=O) groups excluding carboxylic acids is 2. The number of aliphatic imine (C=N–C) groups is 1. The van der Waals surface area contributed by atoms with Crippen LogP contribution in [0.25, 0.3) is 10.9 Å². The van der Waals surface area contributed by atoms with E-state index in [4.69, 9.17) is 39.4 Å². The van der Waals surface area contributed by atoms with Gasteiger partial charge in [-0.1, -0.05) is 41.4 Å². The van der Waals surface area contributed by atoms with Crippen molar-refractivity contribution in [3.8, 4) is 5.75 Å². The van der Waals surface area contributed by atoms with E-state index in [1.54, 1.807) is 23.6 Å². The second kappa shape index (κ2) is 19.9. The van der Waals surface area contributed by atoms with Gasteiger partial charge in [0.2, 0.25) is 11.8 Å². The van der Waals surface area contributed by atoms with Gasteiger partial charge in [-0.15, -0.1) is 0 Å². The molecule has 13 nitrogen and oxygen atoms in total. The van der Waals surface area contributed by atoms with Gasteiger partial charge in [0.15, 0.2) is 17.0 Å². The molecule has 0 aliphatic carbocycles. The molecule has 0 saturated carbocycles. The normalized spacial score (nSPS) is 14.2. The van der Waals surface area contributed by atoms with Crippen molar-refractivity contribution < 1.29 is 23.1 Å². The Labute approximate surface area is 312 Å². The summed E-state index contributed by atoms with van der Waals surface area (Å²) in [5.41, 5.74) is 13.1. The van der Waals surface area contributed by atoms with E-state index >= 15 is 0 Å². The van der Waals surface area contributed by atoms with E-state index in [2.05, 4.69) is 20.6 Å². The van der Waals surface area contributed by atoms with Crippen molar-refractivity contribution in [3.05, 3.63) is 63.8 Å². The number of benzene rings is 2. The van der Waals surface area contributed by atoms with Crippen LogP contribution >= 0.6 is 23.2 Å². The Bertz CT molecular complexity index is 1690. The van der Waals surface area contributed by atoms with Crippen LogP contribution in [0.3, 0.4) is 0 Å². The van der Waals surface area contributed by atoms with Crippen molar-refractivity contribution in [1.82, 2.24) is 25.4 Å². The molecule has 1 unspecified atom stereocenters. The van der Waals surface area contributed by atoms with Crippen LogP contribution in [-0.4, -0.2) is 98.7 Å². The number of nitrogens with zero attached hydrogens (tertiary/aromatic N) is 4. The van der Waals surface area contributed by atoms with E-state index in [9.17, 15) is 18.4 Å². The van der Waals surface area contributed by atoms with E-state index < -0.39 is 22.7 Å². The van der Waals surface area contributed by atoms with Gasteiger partial charge in [-0.25, -0.2) is 9.19 Å². The number of para-hydroxylation sites is 1. The third kappa shape index (κ3) is 12.3. The van der Waals surface area contributed by atoms with Crippen molar-refractivity contribution in [2.45, 2.75) is 70.5 Å². The van der Waals surface area contributed by atoms with Crippen LogP contribution in [0.2, 0.25) is 10.0 Å². The van der Waals surface area contributed by atoms with Crippen LogP contribution in [0.4, 0.5) is 0 Å². The van der Waals surface area contributed by atoms with E-state index in [1.165, 1.54) is 12.1 Å². The molecule has 51 heavy (non-hydrogen) atoms. The third-order valence-corrected chi connectivity index (χ3v) is 9.53. The van der Waals surface area contributed by atoms with Crippen LogP contribution in [0.5, 0.6) is 5.75 Å². The molecule has 0 bridgehead atoms. The molecule has 1 aromatic heterocycles. The number of ether oxygens (including phenoxy) is 1. The number of aromatic nitrogens is 1. The van der Waals surface area contributed by atoms with Gasteiger partial charge in [0.05, 0.1) is 21.5 Å². The number of nitrogens with one attached hydrogen (secondary N) is 2. The monoisotopic (exact) mass is 764 g/mol. The molecule has 2 atom stereocenters. The largest absolute Gasteiger partial charge is 0.487 e. The fourth-order valence-corrected chi connectivity index (χ4v) is 6.37. The van der Waals surface area contributed by atoms with Gasteiger partial charge in [-0.3, -0.25) is 14.6 Å². The number of rotatable bonds is 12. The first-order valence-electron chi connectivity index (χ1n) is 16.9. The number of hydrogen-bond acceptors (Lipinski definition) is 8. The zero-order valence-electron chi connectivity index (χ0n) is 29.9. The van der Waals surface area contributed by atoms with Gasteiger partial charge < -0.3 is 41.2 Å². The van der Waals surface area contributed by atoms with E-state index in [-0.39, 0.29) is 28.3 Å². The van der Waals surface area contributed by atoms with Crippen LogP contribution in [0.1, 0.15) is 51.8 Å². The number of fused-ring (bicyclic) bond motifs is 1. The Morgan fingerprint density at radius 3 is 2.31 bits per heavy atom. The van der Waals surface area contributed by atoms with E-state index in [0.717, 1.165) is 42.1 Å². The number of piperazine rings is 1. The van der Waals surface area contributed by atoms with Crippen molar-refractivity contribution in [1.29, 1.82) is 0 Å². The minimum absolute atomic E-state index is 0.0586. The highest BCUT2D eigenvalue weighted by atomic mass is 35.5. The maximum Gasteiger partial charge on any atom is 0.242 e. The van der Waals surface area contributed by atoms with Gasteiger partial charge in [0.25, 0.3) is 0 Å². The molecular formula is C35H50Cl2N8O5S. The van der Waals surface area contributed by atoms with Gasteiger partial charge >= 0.3 is 0 Å². The Morgan fingerprint density at radius 2 is 1.71 bits per heavy atom. The van der Waals surface area contributed by atoms with Crippen molar-refractivity contribution >= 4 is 63.0 Å². The summed E-state index contributed by atoms with van der Waals surface area (Å²) >= 11 is 10.1. The third-order valence-electron chi connectivity index (χ3n) is 7.91. The zero-order chi connectivity index (χ0) is 37.7. The lowest BCUT2D eigenvalue weighted by atomic mass is 10.0. The Hall–Kier alpha value is -3.53. The lowest BCUT2D eigenvalue weighted by Gasteiger charge is -2.38. The second-order valence-electron chi connectivity index (χ2n) is 12.5. The SMILES string of the molecule is CCNC(=NCCC[C@H](N)C(=O)N1CCN(C(=O)C(C)(C)N)CC1)NCC.Cc1ccc2cccc(OCc3c(Cl)ccc(S(=O)O)c3Cl)c2n1. The fourth-order valence-electron chi connectivity index (χ4n) is 5.23. The predicted molar refractivity (Wildman–Crippen MR) is 205 cm³/mol. The number of guanidine groups is 1. The molecule has 1 saturated heterocycles. The van der Waals surface area contributed by atoms with Crippen LogP contribution in [0.15, 0.2) is 52.4 Å². The molecule has 1 aliphatic heterocycles. The molecule has 7 N–H and O–H groups in total. The highest BCUT2D eigenvalue weighted by molar-refractivity contribution is 7.79. The summed E-state index contributed by atoms with van der Waals surface area (Å²) < 4.78 is 26.4. The van der Waals surface area contributed by atoms with Crippen LogP contribution in [-0.2, 0) is 27.3 Å². The second-order valence-corrected chi connectivity index (χ2v) is 14.3. The number of hydrogen-bond donors (Lipinski definition) is 5. The first-order valence-corrected chi connectivity index (χ1v) is 18.8. The van der Waals surface area contributed by atoms with Gasteiger partial charge in [-0.05, 0) is 71.7 Å². The molecule has 16 heteroatoms. The van der Waals surface area contributed by atoms with Gasteiger partial charge in [-0.2, -0.15) is 0 Å². The topological polar surface area (TPSA) is 188 Å². The summed E-state index contributed by atoms with van der Waals surface area (Å²) in [6, 6.07) is 12.0. The molecule has 1 fully saturated rings. The highest BCUT2D eigenvalue weighted by Crippen LogP contribution is 2.32. The lowest BCUT2D eigenvalue weighted by molar-refractivity contribution is -0.142. The molecule has 2 amide bonds. The molecule has 1 aliphatic rings. The van der Waals surface area contributed by atoms with Crippen molar-refractivity contribution in [2.75, 3.05) is 45.8 Å². The summed E-state index contributed by atoms with van der Waals surface area (Å²) in [5.74, 6) is 1.23. The fraction of sp³-hybridized carbons (Fsp3) is 0.486. The Balaban J connectivity index is 0.000000277. The van der Waals surface area contributed by atoms with E-state index in [1.807, 2.05) is 51.1 Å². The van der Waals surface area contributed by atoms with Crippen LogP contribution < -0.4 is 26.8 Å². The number of halogens is 2. The number of amides is 2. The van der Waals surface area contributed by atoms with Crippen molar-refractivity contribution in [3.63, 3.8) is 0 Å². The molecule has 3 aromatic rings. The van der Waals surface area contributed by atoms with Crippen molar-refractivity contribution in [2.24, 2.45) is 16.5 Å². The molecule has 0 spiro atoms. The quantitative estimate of drug-likeness (QED) is 0.0778. The average molecular weight is 766 g/mol. The minimum atomic E-state index is -2.19. The summed E-state index contributed by atoms with van der Waals surface area (Å²) in [6.45, 7) is 13.6. The van der Waals surface area contributed by atoms with Gasteiger partial charge in [0.1, 0.15) is 17.9 Å². The summed E-state index contributed by atoms with van der Waals surface area (Å²) in [5, 5.41) is 7.79. The molecule has 0 radical (unpaired) electrons. The first-order chi connectivity index (χ1) is 24.2. The molecular weight excluding hydrogens is 715 g/mol. The Morgan fingerprint density at radius 1 is 1.06 bits per heavy atom. The molecule has 280 valence electrons. The van der Waals surface area contributed by atoms with Gasteiger partial charge in [0, 0.05) is 67.5 Å². The summed E-state index contributed by atoms with van der Waals surface area (Å²) in [6.07, 6.45) is 1.33. The average Bonchev–Trinajstić information content (AvgIpc) is 3.09. The first kappa shape index (κ1) is 41.9. The minimum Gasteiger partial charge on any atom is -0.487 e. The predicted octanol–water partition coefficient (Wildman–Crippen LogP) is 4.09. The lowest BCUT2D eigenvalue weighted by Crippen LogP contribution is -2.59. The zero-order valence-corrected chi connectivity index (χ0v) is 32.2. The number of aryl methyl sites for hydroxylation is 1. The Kier molecular flexibility index (Phi) is 16.4. The summed E-state index contributed by atoms with van der Waals surface area (Å²) in [7, 11) is 0. The number of carbonyl (C=O) groups is 2. The standard InChI is InChI=1S/C18H37N7O2.C17H13Cl2NO3S/c1-5-21-17(22-6-2)23-9-7-8-14(19)15(26)24-10-12-25(13-11-24)16(27)18(3,4)20;1-10-5-6-11-3-2-4-14(17(11)20-10)23-9-12-13(18)7-8-15(16(12)19)24(21)22/h14H,5-13,19-20H2,1-4H3,(H2,21,22,23);2-8H,9H2,1H3,(H,21,22)/t14-;/m0./s1. The number of pyridine rings is 1. The highest BCUT2D eigenvalue weighted by Gasteiger charge is 2.32. The molecule has 4 rings (SSSR count). The van der Waals surface area contributed by atoms with Crippen LogP contribution in [0, 0.1) is 6.92 Å².